The second-order valence-electron chi connectivity index (χ2n) is 5.68. The number of carboxylic acids is 1. The van der Waals surface area contributed by atoms with Gasteiger partial charge in [0.2, 0.25) is 10.0 Å². The molecule has 6 nitrogen and oxygen atoms in total. The molecule has 1 aromatic heterocycles. The van der Waals surface area contributed by atoms with E-state index in [4.69, 9.17) is 5.11 Å². The van der Waals surface area contributed by atoms with Gasteiger partial charge in [0, 0.05) is 5.38 Å². The minimum absolute atomic E-state index is 0.0225. The van der Waals surface area contributed by atoms with Crippen LogP contribution in [0.25, 0.3) is 0 Å². The van der Waals surface area contributed by atoms with Crippen molar-refractivity contribution in [2.75, 3.05) is 6.61 Å². The maximum atomic E-state index is 12.4. The Labute approximate surface area is 127 Å². The number of carbonyl (C=O) groups is 1. The van der Waals surface area contributed by atoms with Gasteiger partial charge in [-0.25, -0.2) is 17.9 Å². The molecule has 1 aliphatic carbocycles. The van der Waals surface area contributed by atoms with Crippen LogP contribution in [0.15, 0.2) is 16.3 Å². The first kappa shape index (κ1) is 16.4. The molecule has 0 aliphatic heterocycles. The van der Waals surface area contributed by atoms with Crippen molar-refractivity contribution in [3.63, 3.8) is 0 Å². The van der Waals surface area contributed by atoms with E-state index in [0.717, 1.165) is 30.2 Å². The fraction of sp³-hybridized carbons (Fsp3) is 0.615. The van der Waals surface area contributed by atoms with Gasteiger partial charge in [-0.1, -0.05) is 6.92 Å². The van der Waals surface area contributed by atoms with Crippen LogP contribution in [0.1, 0.15) is 42.3 Å². The monoisotopic (exact) mass is 333 g/mol. The highest BCUT2D eigenvalue weighted by Gasteiger charge is 2.38. The number of hydrogen-bond donors (Lipinski definition) is 3. The average molecular weight is 333 g/mol. The standard InChI is InChI=1S/C13H19NO5S2/c1-9-2-4-13(8-15,5-3-9)14-21(18,19)10-6-11(12(16)17)20-7-10/h6-7,9,14-15H,2-5,8H2,1H3,(H,16,17). The summed E-state index contributed by atoms with van der Waals surface area (Å²) >= 11 is 0.872. The summed E-state index contributed by atoms with van der Waals surface area (Å²) in [7, 11) is -3.82. The van der Waals surface area contributed by atoms with Crippen molar-refractivity contribution in [1.29, 1.82) is 0 Å². The Hall–Kier alpha value is -0.960. The highest BCUT2D eigenvalue weighted by atomic mass is 32.2. The van der Waals surface area contributed by atoms with Crippen LogP contribution in [0, 0.1) is 5.92 Å². The zero-order valence-corrected chi connectivity index (χ0v) is 13.3. The molecule has 8 heteroatoms. The number of carboxylic acid groups (broad SMARTS) is 1. The van der Waals surface area contributed by atoms with Crippen LogP contribution in [0.3, 0.4) is 0 Å². The maximum Gasteiger partial charge on any atom is 0.345 e. The molecule has 0 radical (unpaired) electrons. The maximum absolute atomic E-state index is 12.4. The molecular weight excluding hydrogens is 314 g/mol. The summed E-state index contributed by atoms with van der Waals surface area (Å²) in [6.45, 7) is 1.85. The van der Waals surface area contributed by atoms with E-state index in [1.807, 2.05) is 0 Å². The molecule has 0 aromatic carbocycles. The van der Waals surface area contributed by atoms with Crippen LogP contribution in [0.4, 0.5) is 0 Å². The molecule has 1 heterocycles. The quantitative estimate of drug-likeness (QED) is 0.760. The van der Waals surface area contributed by atoms with Crippen LogP contribution in [0.2, 0.25) is 0 Å². The van der Waals surface area contributed by atoms with Crippen molar-refractivity contribution in [3.8, 4) is 0 Å². The molecule has 1 aromatic rings. The number of nitrogens with one attached hydrogen (secondary N) is 1. The van der Waals surface area contributed by atoms with Crippen LogP contribution in [-0.4, -0.2) is 36.7 Å². The van der Waals surface area contributed by atoms with Gasteiger partial charge in [0.1, 0.15) is 4.88 Å². The molecule has 1 saturated carbocycles. The second kappa shape index (κ2) is 6.04. The molecule has 1 aliphatic rings. The van der Waals surface area contributed by atoms with Gasteiger partial charge < -0.3 is 10.2 Å². The number of hydrogen-bond acceptors (Lipinski definition) is 5. The molecule has 2 rings (SSSR count). The van der Waals surface area contributed by atoms with E-state index < -0.39 is 21.5 Å². The summed E-state index contributed by atoms with van der Waals surface area (Å²) in [4.78, 5) is 10.8. The van der Waals surface area contributed by atoms with Gasteiger partial charge in [0.25, 0.3) is 0 Å². The largest absolute Gasteiger partial charge is 0.477 e. The lowest BCUT2D eigenvalue weighted by molar-refractivity contribution is 0.0702. The lowest BCUT2D eigenvalue weighted by Crippen LogP contribution is -2.53. The van der Waals surface area contributed by atoms with E-state index >= 15 is 0 Å². The van der Waals surface area contributed by atoms with Crippen molar-refractivity contribution in [3.05, 3.63) is 16.3 Å². The highest BCUT2D eigenvalue weighted by molar-refractivity contribution is 7.89. The molecule has 0 atom stereocenters. The number of aliphatic hydroxyl groups excluding tert-OH is 1. The van der Waals surface area contributed by atoms with E-state index in [-0.39, 0.29) is 16.4 Å². The summed E-state index contributed by atoms with van der Waals surface area (Å²) in [6, 6.07) is 1.14. The summed E-state index contributed by atoms with van der Waals surface area (Å²) in [5, 5.41) is 19.8. The first-order valence-electron chi connectivity index (χ1n) is 6.75. The van der Waals surface area contributed by atoms with Crippen molar-refractivity contribution < 1.29 is 23.4 Å². The predicted molar refractivity (Wildman–Crippen MR) is 79.0 cm³/mol. The van der Waals surface area contributed by atoms with Crippen molar-refractivity contribution >= 4 is 27.3 Å². The van der Waals surface area contributed by atoms with Crippen molar-refractivity contribution in [2.45, 2.75) is 43.0 Å². The number of thiophene rings is 1. The molecule has 0 saturated heterocycles. The van der Waals surface area contributed by atoms with Gasteiger partial charge in [-0.2, -0.15) is 0 Å². The SMILES string of the molecule is CC1CCC(CO)(NS(=O)(=O)c2csc(C(=O)O)c2)CC1. The molecule has 21 heavy (non-hydrogen) atoms. The van der Waals surface area contributed by atoms with E-state index in [1.165, 1.54) is 5.38 Å². The molecule has 0 amide bonds. The van der Waals surface area contributed by atoms with E-state index in [9.17, 15) is 18.3 Å². The van der Waals surface area contributed by atoms with E-state index in [0.29, 0.717) is 18.8 Å². The van der Waals surface area contributed by atoms with Gasteiger partial charge in [-0.3, -0.25) is 0 Å². The molecule has 118 valence electrons. The number of aliphatic hydroxyl groups is 1. The number of sulfonamides is 1. The molecule has 0 spiro atoms. The lowest BCUT2D eigenvalue weighted by atomic mass is 9.78. The number of rotatable bonds is 5. The van der Waals surface area contributed by atoms with Crippen molar-refractivity contribution in [2.24, 2.45) is 5.92 Å². The van der Waals surface area contributed by atoms with Crippen LogP contribution in [-0.2, 0) is 10.0 Å². The molecule has 0 bridgehead atoms. The summed E-state index contributed by atoms with van der Waals surface area (Å²) < 4.78 is 27.3. The van der Waals surface area contributed by atoms with Gasteiger partial charge in [0.05, 0.1) is 17.0 Å². The Morgan fingerprint density at radius 3 is 2.57 bits per heavy atom. The zero-order chi connectivity index (χ0) is 15.7. The average Bonchev–Trinajstić information content (AvgIpc) is 2.92. The Bertz CT molecular complexity index is 614. The summed E-state index contributed by atoms with van der Waals surface area (Å²) in [5.41, 5.74) is -0.837. The molecular formula is C13H19NO5S2. The molecule has 1 fully saturated rings. The Kier molecular flexibility index (Phi) is 4.72. The normalized spacial score (nSPS) is 26.7. The third kappa shape index (κ3) is 3.63. The smallest absolute Gasteiger partial charge is 0.345 e. The fourth-order valence-corrected chi connectivity index (χ4v) is 5.09. The number of aromatic carboxylic acids is 1. The van der Waals surface area contributed by atoms with E-state index in [1.54, 1.807) is 0 Å². The van der Waals surface area contributed by atoms with Gasteiger partial charge in [-0.15, -0.1) is 11.3 Å². The Balaban J connectivity index is 2.20. The molecule has 0 unspecified atom stereocenters. The van der Waals surface area contributed by atoms with Crippen LogP contribution < -0.4 is 4.72 Å². The lowest BCUT2D eigenvalue weighted by Gasteiger charge is -2.38. The first-order valence-corrected chi connectivity index (χ1v) is 9.11. The van der Waals surface area contributed by atoms with E-state index in [2.05, 4.69) is 11.6 Å². The predicted octanol–water partition coefficient (Wildman–Crippen LogP) is 1.67. The topological polar surface area (TPSA) is 104 Å². The highest BCUT2D eigenvalue weighted by Crippen LogP contribution is 2.33. The van der Waals surface area contributed by atoms with Gasteiger partial charge in [-0.05, 0) is 37.7 Å². The van der Waals surface area contributed by atoms with Crippen LogP contribution >= 0.6 is 11.3 Å². The minimum atomic E-state index is -3.82. The zero-order valence-electron chi connectivity index (χ0n) is 11.7. The summed E-state index contributed by atoms with van der Waals surface area (Å²) in [5.74, 6) is -0.626. The van der Waals surface area contributed by atoms with Crippen molar-refractivity contribution in [1.82, 2.24) is 4.72 Å². The fourth-order valence-electron chi connectivity index (χ4n) is 2.52. The third-order valence-electron chi connectivity index (χ3n) is 3.98. The second-order valence-corrected chi connectivity index (χ2v) is 8.27. The third-order valence-corrected chi connectivity index (χ3v) is 6.61. The Morgan fingerprint density at radius 1 is 1.48 bits per heavy atom. The molecule has 3 N–H and O–H groups in total. The first-order chi connectivity index (χ1) is 9.78. The van der Waals surface area contributed by atoms with Crippen LogP contribution in [0.5, 0.6) is 0 Å². The Morgan fingerprint density at radius 2 is 2.10 bits per heavy atom. The minimum Gasteiger partial charge on any atom is -0.477 e. The summed E-state index contributed by atoms with van der Waals surface area (Å²) in [6.07, 6.45) is 2.87. The van der Waals surface area contributed by atoms with Gasteiger partial charge >= 0.3 is 5.97 Å². The van der Waals surface area contributed by atoms with Gasteiger partial charge in [0.15, 0.2) is 0 Å².